The Kier molecular flexibility index (Phi) is 45.8. The molecule has 1 amide bonds. The Morgan fingerprint density at radius 3 is 1.16 bits per heavy atom. The van der Waals surface area contributed by atoms with E-state index in [1.807, 2.05) is 27.2 Å². The molecular formula is C54H110N2O6P+. The van der Waals surface area contributed by atoms with E-state index in [2.05, 4.69) is 19.2 Å². The molecule has 0 aromatic rings. The van der Waals surface area contributed by atoms with E-state index in [-0.39, 0.29) is 19.1 Å². The summed E-state index contributed by atoms with van der Waals surface area (Å²) >= 11 is 0. The van der Waals surface area contributed by atoms with E-state index in [9.17, 15) is 19.4 Å². The maximum Gasteiger partial charge on any atom is 0.472 e. The molecule has 0 aromatic heterocycles. The SMILES string of the molecule is CCCC/C=C/C(O)C(COP(=O)(O)OCC[N+](C)(C)C)NC(=O)CCCCCCCCCCCCCCCCCCCCCCCCCCCCCCCCCCCCCCC. The van der Waals surface area contributed by atoms with E-state index >= 15 is 0 Å². The van der Waals surface area contributed by atoms with Crippen LogP contribution in [0.1, 0.15) is 277 Å². The minimum Gasteiger partial charge on any atom is -0.387 e. The normalized spacial score (nSPS) is 14.1. The lowest BCUT2D eigenvalue weighted by Gasteiger charge is -2.25. The number of phosphoric acid groups is 1. The van der Waals surface area contributed by atoms with E-state index in [1.54, 1.807) is 6.08 Å². The molecule has 0 fully saturated rings. The predicted octanol–water partition coefficient (Wildman–Crippen LogP) is 16.3. The first-order valence-electron chi connectivity index (χ1n) is 27.6. The Balaban J connectivity index is 3.62. The summed E-state index contributed by atoms with van der Waals surface area (Å²) in [7, 11) is 1.58. The molecule has 63 heavy (non-hydrogen) atoms. The molecule has 8 nitrogen and oxygen atoms in total. The average Bonchev–Trinajstić information content (AvgIpc) is 3.24. The van der Waals surface area contributed by atoms with Crippen LogP contribution in [0.3, 0.4) is 0 Å². The zero-order valence-electron chi connectivity index (χ0n) is 42.8. The highest BCUT2D eigenvalue weighted by Crippen LogP contribution is 2.43. The third-order valence-corrected chi connectivity index (χ3v) is 13.7. The molecule has 0 aliphatic rings. The molecule has 9 heteroatoms. The first kappa shape index (κ1) is 62.2. The highest BCUT2D eigenvalue weighted by molar-refractivity contribution is 7.47. The number of hydrogen-bond acceptors (Lipinski definition) is 5. The van der Waals surface area contributed by atoms with Gasteiger partial charge in [-0.2, -0.15) is 0 Å². The molecule has 0 heterocycles. The topological polar surface area (TPSA) is 105 Å². The molecule has 3 unspecified atom stereocenters. The molecule has 376 valence electrons. The Morgan fingerprint density at radius 2 is 0.841 bits per heavy atom. The second-order valence-corrected chi connectivity index (χ2v) is 21.8. The van der Waals surface area contributed by atoms with E-state index in [0.717, 1.165) is 38.5 Å². The number of likely N-dealkylation sites (N-methyl/N-ethyl adjacent to an activating group) is 1. The van der Waals surface area contributed by atoms with Crippen LogP contribution >= 0.6 is 7.82 Å². The summed E-state index contributed by atoms with van der Waals surface area (Å²) in [6, 6.07) is -0.837. The van der Waals surface area contributed by atoms with Crippen molar-refractivity contribution < 1.29 is 32.9 Å². The number of phosphoric ester groups is 1. The number of hydrogen-bond donors (Lipinski definition) is 3. The van der Waals surface area contributed by atoms with Gasteiger partial charge in [0.2, 0.25) is 5.91 Å². The van der Waals surface area contributed by atoms with Crippen LogP contribution in [0, 0.1) is 0 Å². The van der Waals surface area contributed by atoms with Crippen LogP contribution in [0.25, 0.3) is 0 Å². The molecule has 0 aliphatic carbocycles. The summed E-state index contributed by atoms with van der Waals surface area (Å²) in [6.45, 7) is 4.69. The Labute approximate surface area is 392 Å². The summed E-state index contributed by atoms with van der Waals surface area (Å²) < 4.78 is 23.3. The van der Waals surface area contributed by atoms with Crippen molar-refractivity contribution in [1.29, 1.82) is 0 Å². The lowest BCUT2D eigenvalue weighted by Crippen LogP contribution is -2.45. The zero-order chi connectivity index (χ0) is 46.4. The first-order chi connectivity index (χ1) is 30.5. The minimum absolute atomic E-state index is 0.0630. The van der Waals surface area contributed by atoms with Gasteiger partial charge in [0.1, 0.15) is 13.2 Å². The number of allylic oxidation sites excluding steroid dienone is 1. The molecule has 3 N–H and O–H groups in total. The number of carbonyl (C=O) groups excluding carboxylic acids is 1. The van der Waals surface area contributed by atoms with Crippen LogP contribution < -0.4 is 5.32 Å². The fourth-order valence-corrected chi connectivity index (χ4v) is 9.12. The number of aliphatic hydroxyl groups is 1. The van der Waals surface area contributed by atoms with Crippen molar-refractivity contribution in [2.24, 2.45) is 0 Å². The van der Waals surface area contributed by atoms with Crippen molar-refractivity contribution in [1.82, 2.24) is 5.32 Å². The number of quaternary nitrogens is 1. The van der Waals surface area contributed by atoms with E-state index in [4.69, 9.17) is 9.05 Å². The van der Waals surface area contributed by atoms with Crippen LogP contribution in [0.4, 0.5) is 0 Å². The molecule has 0 radical (unpaired) electrons. The minimum atomic E-state index is -4.32. The fraction of sp³-hybridized carbons (Fsp3) is 0.944. The second-order valence-electron chi connectivity index (χ2n) is 20.3. The molecule has 0 aromatic carbocycles. The van der Waals surface area contributed by atoms with Gasteiger partial charge >= 0.3 is 7.82 Å². The van der Waals surface area contributed by atoms with Crippen molar-refractivity contribution in [2.75, 3.05) is 40.9 Å². The average molecular weight is 914 g/mol. The number of aliphatic hydroxyl groups excluding tert-OH is 1. The summed E-state index contributed by atoms with van der Waals surface area (Å²) in [5.41, 5.74) is 0. The lowest BCUT2D eigenvalue weighted by atomic mass is 10.0. The van der Waals surface area contributed by atoms with E-state index < -0.39 is 20.0 Å². The maximum absolute atomic E-state index is 12.8. The standard InChI is InChI=1S/C54H109N2O6P/c1-6-8-10-12-13-14-15-16-17-18-19-20-21-22-23-24-25-26-27-28-29-30-31-32-33-34-35-36-37-38-39-40-41-42-43-44-46-48-54(58)55-52(53(57)47-45-11-9-7-2)51-62-63(59,60)61-50-49-56(3,4)5/h45,47,52-53,57H,6-44,46,48-51H2,1-5H3,(H-,55,58,59,60)/p+1/b47-45+. The Bertz CT molecular complexity index is 1040. The van der Waals surface area contributed by atoms with Crippen molar-refractivity contribution in [2.45, 2.75) is 289 Å². The number of rotatable bonds is 51. The monoisotopic (exact) mass is 914 g/mol. The Morgan fingerprint density at radius 1 is 0.524 bits per heavy atom. The van der Waals surface area contributed by atoms with Gasteiger partial charge in [0, 0.05) is 6.42 Å². The van der Waals surface area contributed by atoms with Crippen molar-refractivity contribution in [3.05, 3.63) is 12.2 Å². The van der Waals surface area contributed by atoms with Crippen LogP contribution in [0.5, 0.6) is 0 Å². The van der Waals surface area contributed by atoms with Crippen molar-refractivity contribution in [3.63, 3.8) is 0 Å². The largest absolute Gasteiger partial charge is 0.472 e. The van der Waals surface area contributed by atoms with Gasteiger partial charge in [-0.15, -0.1) is 0 Å². The highest BCUT2D eigenvalue weighted by Gasteiger charge is 2.27. The summed E-state index contributed by atoms with van der Waals surface area (Å²) in [5, 5.41) is 13.6. The summed E-state index contributed by atoms with van der Waals surface area (Å²) in [5.74, 6) is -0.181. The van der Waals surface area contributed by atoms with Gasteiger partial charge in [-0.25, -0.2) is 4.57 Å². The maximum atomic E-state index is 12.8. The fourth-order valence-electron chi connectivity index (χ4n) is 8.38. The smallest absolute Gasteiger partial charge is 0.387 e. The third kappa shape index (κ3) is 49.0. The molecule has 0 rings (SSSR count). The van der Waals surface area contributed by atoms with E-state index in [0.29, 0.717) is 17.4 Å². The molecule has 0 saturated carbocycles. The summed E-state index contributed by atoms with van der Waals surface area (Å²) in [6.07, 6.45) is 57.1. The van der Waals surface area contributed by atoms with Gasteiger partial charge in [-0.05, 0) is 12.8 Å². The molecule has 3 atom stereocenters. The van der Waals surface area contributed by atoms with E-state index in [1.165, 1.54) is 218 Å². The lowest BCUT2D eigenvalue weighted by molar-refractivity contribution is -0.870. The molecular weight excluding hydrogens is 804 g/mol. The van der Waals surface area contributed by atoms with Gasteiger partial charge in [-0.1, -0.05) is 270 Å². The van der Waals surface area contributed by atoms with Gasteiger partial charge in [0.25, 0.3) is 0 Å². The number of amides is 1. The number of nitrogens with zero attached hydrogens (tertiary/aromatic N) is 1. The van der Waals surface area contributed by atoms with Crippen LogP contribution in [0.2, 0.25) is 0 Å². The van der Waals surface area contributed by atoms with Crippen molar-refractivity contribution >= 4 is 13.7 Å². The molecule has 0 aliphatic heterocycles. The zero-order valence-corrected chi connectivity index (χ0v) is 43.7. The number of unbranched alkanes of at least 4 members (excludes halogenated alkanes) is 38. The number of carbonyl (C=O) groups is 1. The van der Waals surface area contributed by atoms with Crippen molar-refractivity contribution in [3.8, 4) is 0 Å². The van der Waals surface area contributed by atoms with Gasteiger partial charge < -0.3 is 19.8 Å². The van der Waals surface area contributed by atoms with Crippen LogP contribution in [-0.2, 0) is 18.4 Å². The second kappa shape index (κ2) is 46.4. The first-order valence-corrected chi connectivity index (χ1v) is 29.1. The molecule has 0 saturated heterocycles. The van der Waals surface area contributed by atoms with Gasteiger partial charge in [0.15, 0.2) is 0 Å². The van der Waals surface area contributed by atoms with Gasteiger partial charge in [0.05, 0.1) is 39.9 Å². The molecule has 0 bridgehead atoms. The third-order valence-electron chi connectivity index (χ3n) is 12.8. The summed E-state index contributed by atoms with van der Waals surface area (Å²) in [4.78, 5) is 22.9. The predicted molar refractivity (Wildman–Crippen MR) is 272 cm³/mol. The quantitative estimate of drug-likeness (QED) is 0.0243. The van der Waals surface area contributed by atoms with Crippen LogP contribution in [-0.4, -0.2) is 73.4 Å². The van der Waals surface area contributed by atoms with Gasteiger partial charge in [-0.3, -0.25) is 13.8 Å². The Hall–Kier alpha value is -0.760. The van der Waals surface area contributed by atoms with Crippen LogP contribution in [0.15, 0.2) is 12.2 Å². The number of nitrogens with one attached hydrogen (secondary N) is 1. The highest BCUT2D eigenvalue weighted by atomic mass is 31.2. The molecule has 0 spiro atoms.